The first-order valence-corrected chi connectivity index (χ1v) is 12.5. The molecular formula is C29H33N3O4. The molecule has 1 aliphatic heterocycles. The van der Waals surface area contributed by atoms with Crippen molar-refractivity contribution in [2.45, 2.75) is 51.1 Å². The van der Waals surface area contributed by atoms with Crippen molar-refractivity contribution in [1.82, 2.24) is 15.6 Å². The molecule has 1 aromatic heterocycles. The highest BCUT2D eigenvalue weighted by Gasteiger charge is 2.27. The van der Waals surface area contributed by atoms with Crippen molar-refractivity contribution in [2.24, 2.45) is 5.92 Å². The van der Waals surface area contributed by atoms with Crippen LogP contribution in [0.4, 0.5) is 0 Å². The number of aromatic nitrogens is 1. The third-order valence-corrected chi connectivity index (χ3v) is 6.52. The minimum atomic E-state index is -0.732. The van der Waals surface area contributed by atoms with Gasteiger partial charge in [0, 0.05) is 29.9 Å². The van der Waals surface area contributed by atoms with E-state index in [0.717, 1.165) is 22.0 Å². The number of cyclic esters (lactones) is 1. The summed E-state index contributed by atoms with van der Waals surface area (Å²) in [4.78, 5) is 41.7. The van der Waals surface area contributed by atoms with Gasteiger partial charge in [-0.25, -0.2) is 0 Å². The third-order valence-electron chi connectivity index (χ3n) is 6.52. The molecule has 0 bridgehead atoms. The van der Waals surface area contributed by atoms with E-state index in [2.05, 4.69) is 15.6 Å². The maximum Gasteiger partial charge on any atom is 0.309 e. The van der Waals surface area contributed by atoms with E-state index >= 15 is 0 Å². The van der Waals surface area contributed by atoms with Crippen LogP contribution in [0.1, 0.15) is 49.8 Å². The van der Waals surface area contributed by atoms with E-state index in [-0.39, 0.29) is 49.2 Å². The molecule has 0 saturated carbocycles. The van der Waals surface area contributed by atoms with Crippen LogP contribution < -0.4 is 10.6 Å². The van der Waals surface area contributed by atoms with Crippen LogP contribution in [0, 0.1) is 5.92 Å². The van der Waals surface area contributed by atoms with Gasteiger partial charge in [-0.2, -0.15) is 0 Å². The highest BCUT2D eigenvalue weighted by atomic mass is 16.5. The van der Waals surface area contributed by atoms with E-state index in [1.807, 2.05) is 73.8 Å². The number of fused-ring (bicyclic) bond motifs is 1. The number of amides is 2. The topological polar surface area (TPSA) is 100 Å². The van der Waals surface area contributed by atoms with Gasteiger partial charge in [0.05, 0.1) is 19.1 Å². The number of rotatable bonds is 3. The Morgan fingerprint density at radius 3 is 2.56 bits per heavy atom. The fourth-order valence-electron chi connectivity index (χ4n) is 4.55. The van der Waals surface area contributed by atoms with Crippen LogP contribution in [-0.4, -0.2) is 35.4 Å². The molecule has 7 heteroatoms. The number of hydrogen-bond donors (Lipinski definition) is 3. The summed E-state index contributed by atoms with van der Waals surface area (Å²) in [5, 5.41) is 7.16. The fraction of sp³-hybridized carbons (Fsp3) is 0.345. The molecular weight excluding hydrogens is 454 g/mol. The number of carbonyl (C=O) groups excluding carboxylic acids is 3. The molecule has 2 aromatic carbocycles. The highest BCUT2D eigenvalue weighted by molar-refractivity contribution is 5.90. The van der Waals surface area contributed by atoms with Gasteiger partial charge in [0.25, 0.3) is 0 Å². The predicted molar refractivity (Wildman–Crippen MR) is 139 cm³/mol. The number of H-pyrrole nitrogens is 1. The summed E-state index contributed by atoms with van der Waals surface area (Å²) in [6.07, 6.45) is 7.58. The SMILES string of the molecule is C[C@@H]1/C=C/CC(=O)OCCCCC(=O)N[C@@H](Cc2c[nH]c3ccccc23)C(=O)N[C@@H]1c1ccccc1. The molecule has 188 valence electrons. The molecule has 4 rings (SSSR count). The number of aromatic amines is 1. The van der Waals surface area contributed by atoms with Gasteiger partial charge in [-0.05, 0) is 36.0 Å². The Balaban J connectivity index is 1.62. The van der Waals surface area contributed by atoms with Crippen molar-refractivity contribution in [2.75, 3.05) is 6.61 Å². The van der Waals surface area contributed by atoms with Gasteiger partial charge in [-0.15, -0.1) is 0 Å². The first-order chi connectivity index (χ1) is 17.5. The van der Waals surface area contributed by atoms with E-state index in [9.17, 15) is 14.4 Å². The molecule has 3 aromatic rings. The highest BCUT2D eigenvalue weighted by Crippen LogP contribution is 2.25. The molecule has 7 nitrogen and oxygen atoms in total. The van der Waals surface area contributed by atoms with Crippen LogP contribution in [0.25, 0.3) is 10.9 Å². The second kappa shape index (κ2) is 12.2. The zero-order chi connectivity index (χ0) is 25.3. The van der Waals surface area contributed by atoms with Crippen molar-refractivity contribution in [3.05, 3.63) is 84.1 Å². The fourth-order valence-corrected chi connectivity index (χ4v) is 4.55. The average Bonchev–Trinajstić information content (AvgIpc) is 3.29. The number of hydrogen-bond acceptors (Lipinski definition) is 4. The van der Waals surface area contributed by atoms with Gasteiger partial charge in [0.1, 0.15) is 6.04 Å². The molecule has 3 atom stereocenters. The molecule has 3 N–H and O–H groups in total. The quantitative estimate of drug-likeness (QED) is 0.377. The van der Waals surface area contributed by atoms with Crippen molar-refractivity contribution in [3.63, 3.8) is 0 Å². The summed E-state index contributed by atoms with van der Waals surface area (Å²) in [5.41, 5.74) is 2.91. The number of carbonyl (C=O) groups is 3. The molecule has 0 unspecified atom stereocenters. The lowest BCUT2D eigenvalue weighted by Crippen LogP contribution is -2.49. The summed E-state index contributed by atoms with van der Waals surface area (Å²) < 4.78 is 5.28. The molecule has 1 aliphatic rings. The summed E-state index contributed by atoms with van der Waals surface area (Å²) >= 11 is 0. The summed E-state index contributed by atoms with van der Waals surface area (Å²) in [6.45, 7) is 2.28. The van der Waals surface area contributed by atoms with Gasteiger partial charge in [-0.3, -0.25) is 14.4 Å². The number of ether oxygens (including phenoxy) is 1. The van der Waals surface area contributed by atoms with Crippen molar-refractivity contribution in [1.29, 1.82) is 0 Å². The van der Waals surface area contributed by atoms with E-state index in [0.29, 0.717) is 19.3 Å². The van der Waals surface area contributed by atoms with Crippen LogP contribution in [0.2, 0.25) is 0 Å². The number of para-hydroxylation sites is 1. The van der Waals surface area contributed by atoms with Crippen LogP contribution >= 0.6 is 0 Å². The first-order valence-electron chi connectivity index (χ1n) is 12.5. The van der Waals surface area contributed by atoms with E-state index < -0.39 is 6.04 Å². The van der Waals surface area contributed by atoms with Gasteiger partial charge in [0.2, 0.25) is 11.8 Å². The van der Waals surface area contributed by atoms with Gasteiger partial charge >= 0.3 is 5.97 Å². The maximum atomic E-state index is 13.7. The van der Waals surface area contributed by atoms with Crippen LogP contribution in [-0.2, 0) is 25.5 Å². The molecule has 2 heterocycles. The molecule has 0 aliphatic carbocycles. The summed E-state index contributed by atoms with van der Waals surface area (Å²) in [7, 11) is 0. The van der Waals surface area contributed by atoms with E-state index in [4.69, 9.17) is 4.74 Å². The second-order valence-corrected chi connectivity index (χ2v) is 9.25. The van der Waals surface area contributed by atoms with Crippen molar-refractivity contribution in [3.8, 4) is 0 Å². The first kappa shape index (κ1) is 25.2. The van der Waals surface area contributed by atoms with E-state index in [1.165, 1.54) is 0 Å². The molecule has 0 saturated heterocycles. The lowest BCUT2D eigenvalue weighted by atomic mass is 9.93. The minimum absolute atomic E-state index is 0.0958. The van der Waals surface area contributed by atoms with Crippen molar-refractivity contribution >= 4 is 28.7 Å². The normalized spacial score (nSPS) is 23.5. The average molecular weight is 488 g/mol. The molecule has 2 amide bonds. The second-order valence-electron chi connectivity index (χ2n) is 9.25. The predicted octanol–water partition coefficient (Wildman–Crippen LogP) is 4.36. The van der Waals surface area contributed by atoms with E-state index in [1.54, 1.807) is 6.08 Å². The summed E-state index contributed by atoms with van der Waals surface area (Å²) in [6, 6.07) is 16.6. The Morgan fingerprint density at radius 1 is 0.944 bits per heavy atom. The summed E-state index contributed by atoms with van der Waals surface area (Å²) in [5.74, 6) is -0.831. The Morgan fingerprint density at radius 2 is 1.72 bits per heavy atom. The molecule has 0 fully saturated rings. The monoisotopic (exact) mass is 487 g/mol. The van der Waals surface area contributed by atoms with Crippen LogP contribution in [0.3, 0.4) is 0 Å². The molecule has 0 radical (unpaired) electrons. The lowest BCUT2D eigenvalue weighted by Gasteiger charge is -2.27. The maximum absolute atomic E-state index is 13.7. The molecule has 0 spiro atoms. The van der Waals surface area contributed by atoms with Gasteiger partial charge in [0.15, 0.2) is 0 Å². The standard InChI is InChI=1S/C29H33N3O4/c1-20-10-9-16-27(34)36-17-8-7-15-26(33)31-25(18-22-19-30-24-14-6-5-13-23(22)24)29(35)32-28(20)21-11-3-2-4-12-21/h2-6,9-14,19-20,25,28,30H,7-8,15-18H2,1H3,(H,31,33)(H,32,35)/b10-9+/t20-,25+,28+/m1/s1. The largest absolute Gasteiger partial charge is 0.465 e. The van der Waals surface area contributed by atoms with Crippen LogP contribution in [0.5, 0.6) is 0 Å². The Labute approximate surface area is 211 Å². The third kappa shape index (κ3) is 6.62. The Hall–Kier alpha value is -3.87. The minimum Gasteiger partial charge on any atom is -0.465 e. The number of nitrogens with one attached hydrogen (secondary N) is 3. The van der Waals surface area contributed by atoms with Crippen LogP contribution in [0.15, 0.2) is 72.9 Å². The molecule has 36 heavy (non-hydrogen) atoms. The number of benzene rings is 2. The number of esters is 1. The van der Waals surface area contributed by atoms with Gasteiger partial charge < -0.3 is 20.4 Å². The zero-order valence-corrected chi connectivity index (χ0v) is 20.5. The Bertz CT molecular complexity index is 1220. The smallest absolute Gasteiger partial charge is 0.309 e. The Kier molecular flexibility index (Phi) is 8.55. The van der Waals surface area contributed by atoms with Crippen molar-refractivity contribution < 1.29 is 19.1 Å². The lowest BCUT2D eigenvalue weighted by molar-refractivity contribution is -0.142. The van der Waals surface area contributed by atoms with Gasteiger partial charge in [-0.1, -0.05) is 67.6 Å². The zero-order valence-electron chi connectivity index (χ0n) is 20.5.